The Morgan fingerprint density at radius 2 is 1.78 bits per heavy atom. The molecular formula is C21H15BrN2O3. The molecule has 5 nitrogen and oxygen atoms in total. The summed E-state index contributed by atoms with van der Waals surface area (Å²) in [5, 5.41) is 2.66. The van der Waals surface area contributed by atoms with Crippen LogP contribution in [-0.4, -0.2) is 16.7 Å². The Hall–Kier alpha value is -3.25. The molecule has 134 valence electrons. The third-order valence-corrected chi connectivity index (χ3v) is 4.28. The van der Waals surface area contributed by atoms with Crippen LogP contribution in [0.15, 0.2) is 89.9 Å². The molecule has 0 radical (unpaired) electrons. The van der Waals surface area contributed by atoms with Crippen LogP contribution in [0.1, 0.15) is 15.9 Å². The molecule has 0 atom stereocenters. The van der Waals surface area contributed by atoms with Crippen LogP contribution < -0.4 is 10.1 Å². The van der Waals surface area contributed by atoms with Crippen LogP contribution in [0.2, 0.25) is 0 Å². The molecule has 0 saturated heterocycles. The lowest BCUT2D eigenvalue weighted by Gasteiger charge is -2.05. The zero-order valence-corrected chi connectivity index (χ0v) is 15.7. The Kier molecular flexibility index (Phi) is 6.12. The molecule has 0 bridgehead atoms. The first kappa shape index (κ1) is 18.5. The number of hydrogen-bond acceptors (Lipinski definition) is 4. The summed E-state index contributed by atoms with van der Waals surface area (Å²) in [5.74, 6) is 0.105. The summed E-state index contributed by atoms with van der Waals surface area (Å²) < 4.78 is 6.15. The number of amides is 1. The molecule has 3 aromatic rings. The summed E-state index contributed by atoms with van der Waals surface area (Å²) in [5.41, 5.74) is 1.74. The van der Waals surface area contributed by atoms with Crippen LogP contribution in [0.4, 0.5) is 5.69 Å². The first-order chi connectivity index (χ1) is 13.1. The van der Waals surface area contributed by atoms with Gasteiger partial charge >= 0.3 is 0 Å². The molecule has 2 aromatic carbocycles. The predicted molar refractivity (Wildman–Crippen MR) is 107 cm³/mol. The molecule has 0 fully saturated rings. The highest BCUT2D eigenvalue weighted by atomic mass is 79.9. The van der Waals surface area contributed by atoms with Gasteiger partial charge in [0.15, 0.2) is 5.78 Å². The van der Waals surface area contributed by atoms with E-state index in [0.29, 0.717) is 22.6 Å². The minimum absolute atomic E-state index is 0.0829. The Bertz CT molecular complexity index is 970. The van der Waals surface area contributed by atoms with Crippen molar-refractivity contribution in [3.63, 3.8) is 0 Å². The predicted octanol–water partition coefficient (Wildman–Crippen LogP) is 4.61. The van der Waals surface area contributed by atoms with E-state index in [2.05, 4.69) is 26.2 Å². The summed E-state index contributed by atoms with van der Waals surface area (Å²) >= 11 is 3.38. The van der Waals surface area contributed by atoms with Crippen molar-refractivity contribution >= 4 is 33.3 Å². The second-order valence-electron chi connectivity index (χ2n) is 5.48. The van der Waals surface area contributed by atoms with Gasteiger partial charge in [0, 0.05) is 27.9 Å². The minimum atomic E-state index is -0.330. The van der Waals surface area contributed by atoms with Gasteiger partial charge in [0.25, 0.3) is 5.91 Å². The summed E-state index contributed by atoms with van der Waals surface area (Å²) in [4.78, 5) is 28.2. The van der Waals surface area contributed by atoms with Crippen molar-refractivity contribution < 1.29 is 14.3 Å². The number of carbonyl (C=O) groups excluding carboxylic acids is 2. The second-order valence-corrected chi connectivity index (χ2v) is 6.34. The standard InChI is InChI=1S/C21H15BrN2O3/c22-19-6-2-1-5-18(19)21(26)15-7-9-17(10-8-15)27-13-11-20(25)24-16-4-3-12-23-14-16/h1-14H,(H,24,25). The van der Waals surface area contributed by atoms with E-state index >= 15 is 0 Å². The molecule has 0 aliphatic heterocycles. The lowest BCUT2D eigenvalue weighted by atomic mass is 10.0. The van der Waals surface area contributed by atoms with Crippen molar-refractivity contribution in [2.24, 2.45) is 0 Å². The largest absolute Gasteiger partial charge is 0.465 e. The highest BCUT2D eigenvalue weighted by molar-refractivity contribution is 9.10. The van der Waals surface area contributed by atoms with E-state index in [4.69, 9.17) is 4.74 Å². The van der Waals surface area contributed by atoms with Crippen LogP contribution in [0, 0.1) is 0 Å². The second kappa shape index (κ2) is 8.91. The van der Waals surface area contributed by atoms with Crippen LogP contribution in [0.3, 0.4) is 0 Å². The van der Waals surface area contributed by atoms with Crippen molar-refractivity contribution in [1.82, 2.24) is 4.98 Å². The van der Waals surface area contributed by atoms with Crippen LogP contribution in [-0.2, 0) is 4.79 Å². The maximum atomic E-state index is 12.5. The molecule has 1 heterocycles. The first-order valence-corrected chi connectivity index (χ1v) is 8.86. The zero-order valence-electron chi connectivity index (χ0n) is 14.1. The summed E-state index contributed by atoms with van der Waals surface area (Å²) in [6.45, 7) is 0. The third-order valence-electron chi connectivity index (χ3n) is 3.59. The Balaban J connectivity index is 1.58. The lowest BCUT2D eigenvalue weighted by molar-refractivity contribution is -0.112. The van der Waals surface area contributed by atoms with Gasteiger partial charge in [0.05, 0.1) is 18.1 Å². The minimum Gasteiger partial charge on any atom is -0.465 e. The number of ether oxygens (including phenoxy) is 1. The summed E-state index contributed by atoms with van der Waals surface area (Å²) in [6.07, 6.45) is 5.73. The van der Waals surface area contributed by atoms with Gasteiger partial charge in [-0.15, -0.1) is 0 Å². The molecule has 1 amide bonds. The van der Waals surface area contributed by atoms with E-state index in [1.807, 2.05) is 18.2 Å². The number of aromatic nitrogens is 1. The van der Waals surface area contributed by atoms with Crippen LogP contribution in [0.5, 0.6) is 5.75 Å². The normalized spacial score (nSPS) is 10.6. The average Bonchev–Trinajstić information content (AvgIpc) is 2.69. The highest BCUT2D eigenvalue weighted by Gasteiger charge is 2.11. The van der Waals surface area contributed by atoms with Gasteiger partial charge in [0.1, 0.15) is 5.75 Å². The maximum Gasteiger partial charge on any atom is 0.251 e. The number of halogens is 1. The average molecular weight is 423 g/mol. The lowest BCUT2D eigenvalue weighted by Crippen LogP contribution is -2.08. The molecule has 6 heteroatoms. The molecule has 1 N–H and O–H groups in total. The summed E-state index contributed by atoms with van der Waals surface area (Å²) in [6, 6.07) is 17.4. The number of nitrogens with zero attached hydrogens (tertiary/aromatic N) is 1. The first-order valence-electron chi connectivity index (χ1n) is 8.07. The van der Waals surface area contributed by atoms with Crippen molar-refractivity contribution in [3.05, 3.63) is 101 Å². The SMILES string of the molecule is O=C(C=COc1ccc(C(=O)c2ccccc2Br)cc1)Nc1cccnc1. The number of rotatable bonds is 6. The topological polar surface area (TPSA) is 68.3 Å². The Labute approximate surface area is 164 Å². The third kappa shape index (κ3) is 5.12. The van der Waals surface area contributed by atoms with E-state index in [9.17, 15) is 9.59 Å². The molecule has 3 rings (SSSR count). The maximum absolute atomic E-state index is 12.5. The van der Waals surface area contributed by atoms with Crippen molar-refractivity contribution in [2.75, 3.05) is 5.32 Å². The molecule has 0 spiro atoms. The van der Waals surface area contributed by atoms with Crippen molar-refractivity contribution in [1.29, 1.82) is 0 Å². The van der Waals surface area contributed by atoms with E-state index < -0.39 is 0 Å². The van der Waals surface area contributed by atoms with Crippen LogP contribution in [0.25, 0.3) is 0 Å². The van der Waals surface area contributed by atoms with Crippen LogP contribution >= 0.6 is 15.9 Å². The molecule has 0 unspecified atom stereocenters. The number of benzene rings is 2. The smallest absolute Gasteiger partial charge is 0.251 e. The molecule has 0 saturated carbocycles. The zero-order chi connectivity index (χ0) is 19.1. The van der Waals surface area contributed by atoms with Gasteiger partial charge in [-0.25, -0.2) is 0 Å². The fraction of sp³-hybridized carbons (Fsp3) is 0. The van der Waals surface area contributed by atoms with Crippen molar-refractivity contribution in [3.8, 4) is 5.75 Å². The highest BCUT2D eigenvalue weighted by Crippen LogP contribution is 2.21. The van der Waals surface area contributed by atoms with E-state index in [1.54, 1.807) is 54.9 Å². The Morgan fingerprint density at radius 3 is 2.48 bits per heavy atom. The van der Waals surface area contributed by atoms with E-state index in [0.717, 1.165) is 4.47 Å². The molecular weight excluding hydrogens is 408 g/mol. The number of pyridine rings is 1. The van der Waals surface area contributed by atoms with Crippen molar-refractivity contribution in [2.45, 2.75) is 0 Å². The molecule has 0 aliphatic rings. The van der Waals surface area contributed by atoms with Gasteiger partial charge in [-0.2, -0.15) is 0 Å². The van der Waals surface area contributed by atoms with Gasteiger partial charge in [-0.1, -0.05) is 28.1 Å². The number of hydrogen-bond donors (Lipinski definition) is 1. The molecule has 0 aliphatic carbocycles. The van der Waals surface area contributed by atoms with Gasteiger partial charge in [0.2, 0.25) is 0 Å². The van der Waals surface area contributed by atoms with Gasteiger partial charge in [-0.3, -0.25) is 14.6 Å². The molecule has 1 aromatic heterocycles. The monoisotopic (exact) mass is 422 g/mol. The fourth-order valence-corrected chi connectivity index (χ4v) is 2.75. The van der Waals surface area contributed by atoms with E-state index in [1.165, 1.54) is 12.3 Å². The quantitative estimate of drug-likeness (QED) is 0.357. The van der Waals surface area contributed by atoms with E-state index in [-0.39, 0.29) is 11.7 Å². The van der Waals surface area contributed by atoms with Gasteiger partial charge < -0.3 is 10.1 Å². The van der Waals surface area contributed by atoms with Gasteiger partial charge in [-0.05, 0) is 48.5 Å². The fourth-order valence-electron chi connectivity index (χ4n) is 2.28. The number of nitrogens with one attached hydrogen (secondary N) is 1. The Morgan fingerprint density at radius 1 is 1.00 bits per heavy atom. The molecule has 27 heavy (non-hydrogen) atoms. The number of ketones is 1. The summed E-state index contributed by atoms with van der Waals surface area (Å²) in [7, 11) is 0. The number of carbonyl (C=O) groups is 2. The number of anilines is 1.